The summed E-state index contributed by atoms with van der Waals surface area (Å²) in [4.78, 5) is 20.4. The Kier molecular flexibility index (Phi) is 3.13. The van der Waals surface area contributed by atoms with Crippen LogP contribution in [0.4, 0.5) is 0 Å². The van der Waals surface area contributed by atoms with E-state index in [1.165, 1.54) is 6.20 Å². The number of nitrogens with zero attached hydrogens (tertiary/aromatic N) is 3. The largest absolute Gasteiger partial charge is 0.299 e. The number of pyridine rings is 1. The molecule has 94 valence electrons. The smallest absolute Gasteiger partial charge is 0.269 e. The van der Waals surface area contributed by atoms with Crippen LogP contribution in [0, 0.1) is 0 Å². The van der Waals surface area contributed by atoms with Gasteiger partial charge in [0.25, 0.3) is 5.56 Å². The van der Waals surface area contributed by atoms with Crippen LogP contribution < -0.4 is 5.56 Å². The van der Waals surface area contributed by atoms with Crippen molar-refractivity contribution in [2.75, 3.05) is 0 Å². The Balaban J connectivity index is 2.12. The van der Waals surface area contributed by atoms with Crippen molar-refractivity contribution in [2.24, 2.45) is 0 Å². The van der Waals surface area contributed by atoms with E-state index in [2.05, 4.69) is 25.9 Å². The first kappa shape index (κ1) is 12.0. The van der Waals surface area contributed by atoms with Gasteiger partial charge in [-0.05, 0) is 40.2 Å². The van der Waals surface area contributed by atoms with Gasteiger partial charge in [-0.1, -0.05) is 12.1 Å². The van der Waals surface area contributed by atoms with Crippen molar-refractivity contribution in [2.45, 2.75) is 6.54 Å². The summed E-state index contributed by atoms with van der Waals surface area (Å²) in [5.41, 5.74) is 2.34. The Hall–Kier alpha value is -2.01. The van der Waals surface area contributed by atoms with Crippen molar-refractivity contribution < 1.29 is 0 Å². The van der Waals surface area contributed by atoms with Gasteiger partial charge in [0.05, 0.1) is 29.5 Å². The molecule has 5 heteroatoms. The molecule has 0 saturated heterocycles. The first-order chi connectivity index (χ1) is 9.24. The van der Waals surface area contributed by atoms with Crippen molar-refractivity contribution in [1.82, 2.24) is 14.5 Å². The van der Waals surface area contributed by atoms with E-state index in [0.717, 1.165) is 21.2 Å². The van der Waals surface area contributed by atoms with E-state index in [1.807, 2.05) is 36.4 Å². The summed E-state index contributed by atoms with van der Waals surface area (Å²) in [6.45, 7) is 0.440. The van der Waals surface area contributed by atoms with Gasteiger partial charge in [0, 0.05) is 10.7 Å². The van der Waals surface area contributed by atoms with Crippen LogP contribution in [-0.2, 0) is 6.54 Å². The zero-order valence-electron chi connectivity index (χ0n) is 9.95. The van der Waals surface area contributed by atoms with Crippen molar-refractivity contribution in [3.63, 3.8) is 0 Å². The number of halogens is 1. The van der Waals surface area contributed by atoms with Gasteiger partial charge in [-0.25, -0.2) is 4.98 Å². The van der Waals surface area contributed by atoms with Gasteiger partial charge in [0.1, 0.15) is 0 Å². The minimum atomic E-state index is -0.122. The monoisotopic (exact) mass is 315 g/mol. The lowest BCUT2D eigenvalue weighted by Gasteiger charge is -2.08. The highest BCUT2D eigenvalue weighted by atomic mass is 79.9. The SMILES string of the molecule is O=c1cnc2ccccc2n1Cc1ccc(Br)cn1. The maximum atomic E-state index is 12.0. The summed E-state index contributed by atoms with van der Waals surface area (Å²) in [5.74, 6) is 0. The lowest BCUT2D eigenvalue weighted by Crippen LogP contribution is -2.21. The van der Waals surface area contributed by atoms with Crippen LogP contribution >= 0.6 is 15.9 Å². The predicted molar refractivity (Wildman–Crippen MR) is 77.0 cm³/mol. The number of hydrogen-bond acceptors (Lipinski definition) is 3. The Bertz CT molecular complexity index is 781. The highest BCUT2D eigenvalue weighted by Gasteiger charge is 2.05. The molecule has 0 fully saturated rings. The highest BCUT2D eigenvalue weighted by molar-refractivity contribution is 9.10. The van der Waals surface area contributed by atoms with Crippen molar-refractivity contribution >= 4 is 27.0 Å². The fourth-order valence-electron chi connectivity index (χ4n) is 1.94. The Morgan fingerprint density at radius 2 is 1.89 bits per heavy atom. The maximum Gasteiger partial charge on any atom is 0.269 e. The molecule has 3 aromatic rings. The number of aromatic nitrogens is 3. The molecule has 19 heavy (non-hydrogen) atoms. The first-order valence-electron chi connectivity index (χ1n) is 5.79. The van der Waals surface area contributed by atoms with Crippen LogP contribution in [0.5, 0.6) is 0 Å². The molecule has 0 amide bonds. The molecule has 0 saturated carbocycles. The third kappa shape index (κ3) is 2.42. The Morgan fingerprint density at radius 1 is 1.05 bits per heavy atom. The minimum absolute atomic E-state index is 0.122. The lowest BCUT2D eigenvalue weighted by atomic mass is 10.3. The van der Waals surface area contributed by atoms with Crippen molar-refractivity contribution in [1.29, 1.82) is 0 Å². The maximum absolute atomic E-state index is 12.0. The van der Waals surface area contributed by atoms with E-state index in [4.69, 9.17) is 0 Å². The molecule has 0 radical (unpaired) electrons. The summed E-state index contributed by atoms with van der Waals surface area (Å²) in [7, 11) is 0. The van der Waals surface area contributed by atoms with Gasteiger partial charge in [-0.2, -0.15) is 0 Å². The second-order valence-electron chi connectivity index (χ2n) is 4.14. The van der Waals surface area contributed by atoms with Crippen LogP contribution in [0.25, 0.3) is 11.0 Å². The average Bonchev–Trinajstić information content (AvgIpc) is 2.44. The fraction of sp³-hybridized carbons (Fsp3) is 0.0714. The van der Waals surface area contributed by atoms with Gasteiger partial charge < -0.3 is 0 Å². The molecule has 0 unspecified atom stereocenters. The number of benzene rings is 1. The Labute approximate surface area is 117 Å². The highest BCUT2D eigenvalue weighted by Crippen LogP contribution is 2.11. The van der Waals surface area contributed by atoms with Crippen LogP contribution in [0.2, 0.25) is 0 Å². The number of hydrogen-bond donors (Lipinski definition) is 0. The van der Waals surface area contributed by atoms with Gasteiger partial charge in [-0.3, -0.25) is 14.3 Å². The Morgan fingerprint density at radius 3 is 2.68 bits per heavy atom. The molecule has 0 N–H and O–H groups in total. The van der Waals surface area contributed by atoms with E-state index in [1.54, 1.807) is 10.8 Å². The molecule has 2 aromatic heterocycles. The van der Waals surface area contributed by atoms with Crippen LogP contribution in [0.15, 0.2) is 58.1 Å². The molecule has 0 spiro atoms. The molecule has 3 rings (SSSR count). The topological polar surface area (TPSA) is 47.8 Å². The molecule has 0 aliphatic carbocycles. The second kappa shape index (κ2) is 4.93. The molecular formula is C14H10BrN3O. The van der Waals surface area contributed by atoms with E-state index in [9.17, 15) is 4.79 Å². The van der Waals surface area contributed by atoms with Crippen LogP contribution in [-0.4, -0.2) is 14.5 Å². The summed E-state index contributed by atoms with van der Waals surface area (Å²) in [5, 5.41) is 0. The second-order valence-corrected chi connectivity index (χ2v) is 5.05. The van der Waals surface area contributed by atoms with E-state index >= 15 is 0 Å². The average molecular weight is 316 g/mol. The van der Waals surface area contributed by atoms with E-state index in [-0.39, 0.29) is 5.56 Å². The van der Waals surface area contributed by atoms with E-state index < -0.39 is 0 Å². The van der Waals surface area contributed by atoms with Gasteiger partial charge in [-0.15, -0.1) is 0 Å². The number of fused-ring (bicyclic) bond motifs is 1. The minimum Gasteiger partial charge on any atom is -0.299 e. The van der Waals surface area contributed by atoms with E-state index in [0.29, 0.717) is 6.54 Å². The molecule has 0 aliphatic heterocycles. The van der Waals surface area contributed by atoms with Crippen LogP contribution in [0.1, 0.15) is 5.69 Å². The summed E-state index contributed by atoms with van der Waals surface area (Å²) in [6.07, 6.45) is 3.07. The molecule has 2 heterocycles. The molecule has 0 atom stereocenters. The van der Waals surface area contributed by atoms with Crippen LogP contribution in [0.3, 0.4) is 0 Å². The van der Waals surface area contributed by atoms with Gasteiger partial charge in [0.2, 0.25) is 0 Å². The third-order valence-corrected chi connectivity index (χ3v) is 3.33. The molecule has 0 bridgehead atoms. The first-order valence-corrected chi connectivity index (χ1v) is 6.58. The standard InChI is InChI=1S/C14H10BrN3O/c15-10-5-6-11(16-7-10)9-18-13-4-2-1-3-12(13)17-8-14(18)19/h1-8H,9H2. The molecular weight excluding hydrogens is 306 g/mol. The summed E-state index contributed by atoms with van der Waals surface area (Å²) in [6, 6.07) is 11.4. The zero-order chi connectivity index (χ0) is 13.2. The summed E-state index contributed by atoms with van der Waals surface area (Å²) < 4.78 is 2.60. The summed E-state index contributed by atoms with van der Waals surface area (Å²) >= 11 is 3.34. The van der Waals surface area contributed by atoms with Gasteiger partial charge in [0.15, 0.2) is 0 Å². The lowest BCUT2D eigenvalue weighted by molar-refractivity contribution is 0.764. The number of rotatable bonds is 2. The van der Waals surface area contributed by atoms with Crippen molar-refractivity contribution in [3.05, 3.63) is 69.3 Å². The van der Waals surface area contributed by atoms with Crippen molar-refractivity contribution in [3.8, 4) is 0 Å². The number of para-hydroxylation sites is 2. The zero-order valence-corrected chi connectivity index (χ0v) is 11.5. The molecule has 4 nitrogen and oxygen atoms in total. The quantitative estimate of drug-likeness (QED) is 0.730. The fourth-order valence-corrected chi connectivity index (χ4v) is 2.17. The molecule has 1 aromatic carbocycles. The molecule has 0 aliphatic rings. The van der Waals surface area contributed by atoms with Gasteiger partial charge >= 0.3 is 0 Å². The normalized spacial score (nSPS) is 10.8. The predicted octanol–water partition coefficient (Wildman–Crippen LogP) is 2.60. The third-order valence-electron chi connectivity index (χ3n) is 2.86.